The zero-order valence-electron chi connectivity index (χ0n) is 11.5. The summed E-state index contributed by atoms with van der Waals surface area (Å²) in [6.45, 7) is 0.419. The number of rotatable bonds is 2. The molecule has 0 aromatic heterocycles. The van der Waals surface area contributed by atoms with Crippen LogP contribution in [0.3, 0.4) is 0 Å². The quantitative estimate of drug-likeness (QED) is 0.874. The molecule has 2 aromatic rings. The molecule has 1 fully saturated rings. The van der Waals surface area contributed by atoms with E-state index in [2.05, 4.69) is 0 Å². The average molecular weight is 284 g/mol. The van der Waals surface area contributed by atoms with E-state index in [9.17, 15) is 9.59 Å². The van der Waals surface area contributed by atoms with Crippen LogP contribution in [0.1, 0.15) is 16.8 Å². The second-order valence-corrected chi connectivity index (χ2v) is 5.50. The highest BCUT2D eigenvalue weighted by molar-refractivity contribution is 5.99. The molecule has 2 aromatic carbocycles. The number of carboxylic acid groups (broad SMARTS) is 1. The van der Waals surface area contributed by atoms with Gasteiger partial charge < -0.3 is 15.7 Å². The highest BCUT2D eigenvalue weighted by atomic mass is 16.4. The minimum Gasteiger partial charge on any atom is -0.480 e. The number of hydrogen-bond acceptors (Lipinski definition) is 3. The minimum atomic E-state index is -1.33. The first-order chi connectivity index (χ1) is 9.99. The van der Waals surface area contributed by atoms with Crippen LogP contribution >= 0.6 is 0 Å². The summed E-state index contributed by atoms with van der Waals surface area (Å²) in [4.78, 5) is 25.1. The van der Waals surface area contributed by atoms with Crippen LogP contribution in [0.5, 0.6) is 0 Å². The zero-order chi connectivity index (χ0) is 15.0. The monoisotopic (exact) mass is 284 g/mol. The molecule has 3 rings (SSSR count). The van der Waals surface area contributed by atoms with Crippen molar-refractivity contribution in [3.8, 4) is 0 Å². The van der Waals surface area contributed by atoms with E-state index in [0.29, 0.717) is 12.1 Å². The van der Waals surface area contributed by atoms with Crippen molar-refractivity contribution < 1.29 is 14.7 Å². The number of aliphatic carboxylic acids is 1. The lowest BCUT2D eigenvalue weighted by atomic mass is 10.0. The van der Waals surface area contributed by atoms with Crippen LogP contribution in [-0.2, 0) is 4.79 Å². The molecule has 0 bridgehead atoms. The molecule has 1 aliphatic rings. The number of hydrogen-bond donors (Lipinski definition) is 2. The van der Waals surface area contributed by atoms with Gasteiger partial charge in [-0.1, -0.05) is 30.3 Å². The Morgan fingerprint density at radius 2 is 1.86 bits per heavy atom. The first-order valence-electron chi connectivity index (χ1n) is 6.80. The fourth-order valence-corrected chi connectivity index (χ4v) is 2.69. The predicted molar refractivity (Wildman–Crippen MR) is 79.0 cm³/mol. The highest BCUT2D eigenvalue weighted by Crippen LogP contribution is 2.23. The molecule has 0 spiro atoms. The predicted octanol–water partition coefficient (Wildman–Crippen LogP) is 1.47. The van der Waals surface area contributed by atoms with Crippen molar-refractivity contribution in [2.45, 2.75) is 12.0 Å². The molecule has 0 radical (unpaired) electrons. The Morgan fingerprint density at radius 1 is 1.14 bits per heavy atom. The van der Waals surface area contributed by atoms with Crippen LogP contribution in [0.25, 0.3) is 10.8 Å². The van der Waals surface area contributed by atoms with Gasteiger partial charge in [0.15, 0.2) is 0 Å². The standard InChI is InChI=1S/C16H16N2O3/c17-16(15(20)21)7-8-18(10-16)14(19)13-6-5-11-3-1-2-4-12(11)9-13/h1-6,9H,7-8,10,17H2,(H,20,21). The van der Waals surface area contributed by atoms with Gasteiger partial charge in [0, 0.05) is 18.7 Å². The lowest BCUT2D eigenvalue weighted by molar-refractivity contribution is -0.142. The molecule has 3 N–H and O–H groups in total. The van der Waals surface area contributed by atoms with Crippen LogP contribution in [-0.4, -0.2) is 40.5 Å². The van der Waals surface area contributed by atoms with Gasteiger partial charge in [0.2, 0.25) is 0 Å². The SMILES string of the molecule is NC1(C(=O)O)CCN(C(=O)c2ccc3ccccc3c2)C1. The molecule has 108 valence electrons. The lowest BCUT2D eigenvalue weighted by Gasteiger charge is -2.20. The van der Waals surface area contributed by atoms with Crippen LogP contribution in [0.2, 0.25) is 0 Å². The van der Waals surface area contributed by atoms with Gasteiger partial charge in [-0.15, -0.1) is 0 Å². The van der Waals surface area contributed by atoms with Crippen LogP contribution in [0.4, 0.5) is 0 Å². The minimum absolute atomic E-state index is 0.0496. The van der Waals surface area contributed by atoms with E-state index in [-0.39, 0.29) is 18.9 Å². The maximum atomic E-state index is 12.5. The molecule has 0 aliphatic carbocycles. The molecule has 1 aliphatic heterocycles. The Hall–Kier alpha value is -2.40. The Balaban J connectivity index is 1.86. The number of nitrogens with zero attached hydrogens (tertiary/aromatic N) is 1. The topological polar surface area (TPSA) is 83.6 Å². The zero-order valence-corrected chi connectivity index (χ0v) is 11.5. The summed E-state index contributed by atoms with van der Waals surface area (Å²) in [5, 5.41) is 11.2. The van der Waals surface area contributed by atoms with E-state index < -0.39 is 11.5 Å². The Morgan fingerprint density at radius 3 is 2.52 bits per heavy atom. The van der Waals surface area contributed by atoms with Gasteiger partial charge in [-0.2, -0.15) is 0 Å². The lowest BCUT2D eigenvalue weighted by Crippen LogP contribution is -2.50. The van der Waals surface area contributed by atoms with E-state index in [1.165, 1.54) is 4.90 Å². The summed E-state index contributed by atoms with van der Waals surface area (Å²) >= 11 is 0. The van der Waals surface area contributed by atoms with E-state index in [0.717, 1.165) is 10.8 Å². The molecular weight excluding hydrogens is 268 g/mol. The highest BCUT2D eigenvalue weighted by Gasteiger charge is 2.43. The van der Waals surface area contributed by atoms with E-state index >= 15 is 0 Å². The fraction of sp³-hybridized carbons (Fsp3) is 0.250. The third-order valence-electron chi connectivity index (χ3n) is 4.01. The molecule has 1 atom stereocenters. The number of amides is 1. The number of benzene rings is 2. The Kier molecular flexibility index (Phi) is 3.14. The normalized spacial score (nSPS) is 21.7. The first-order valence-corrected chi connectivity index (χ1v) is 6.80. The smallest absolute Gasteiger partial charge is 0.325 e. The van der Waals surface area contributed by atoms with E-state index in [4.69, 9.17) is 10.8 Å². The van der Waals surface area contributed by atoms with Crippen LogP contribution in [0, 0.1) is 0 Å². The summed E-state index contributed by atoms with van der Waals surface area (Å²) in [6.07, 6.45) is 0.279. The number of carboxylic acids is 1. The summed E-state index contributed by atoms with van der Waals surface area (Å²) in [7, 11) is 0. The van der Waals surface area contributed by atoms with Crippen molar-refractivity contribution in [1.82, 2.24) is 4.90 Å². The number of carbonyl (C=O) groups is 2. The molecule has 5 heteroatoms. The van der Waals surface area contributed by atoms with Crippen molar-refractivity contribution in [3.63, 3.8) is 0 Å². The third kappa shape index (κ3) is 2.36. The average Bonchev–Trinajstić information content (AvgIpc) is 2.90. The van der Waals surface area contributed by atoms with Crippen LogP contribution in [0.15, 0.2) is 42.5 Å². The summed E-state index contributed by atoms with van der Waals surface area (Å²) < 4.78 is 0. The van der Waals surface area contributed by atoms with Gasteiger partial charge in [0.25, 0.3) is 5.91 Å². The maximum Gasteiger partial charge on any atom is 0.325 e. The first kappa shape index (κ1) is 13.6. The summed E-state index contributed by atoms with van der Waals surface area (Å²) in [6, 6.07) is 13.3. The molecule has 1 saturated heterocycles. The number of fused-ring (bicyclic) bond motifs is 1. The number of nitrogens with two attached hydrogens (primary N) is 1. The fourth-order valence-electron chi connectivity index (χ4n) is 2.69. The van der Waals surface area contributed by atoms with Gasteiger partial charge in [0.05, 0.1) is 0 Å². The van der Waals surface area contributed by atoms with Gasteiger partial charge in [-0.3, -0.25) is 9.59 Å². The second kappa shape index (κ2) is 4.86. The van der Waals surface area contributed by atoms with Gasteiger partial charge in [-0.05, 0) is 29.3 Å². The molecule has 5 nitrogen and oxygen atoms in total. The molecule has 21 heavy (non-hydrogen) atoms. The van der Waals surface area contributed by atoms with Crippen molar-refractivity contribution in [2.24, 2.45) is 5.73 Å². The third-order valence-corrected chi connectivity index (χ3v) is 4.01. The Labute approximate surface area is 122 Å². The molecular formula is C16H16N2O3. The molecule has 1 amide bonds. The van der Waals surface area contributed by atoms with Gasteiger partial charge in [-0.25, -0.2) is 0 Å². The van der Waals surface area contributed by atoms with Crippen molar-refractivity contribution in [3.05, 3.63) is 48.0 Å². The summed E-state index contributed by atoms with van der Waals surface area (Å²) in [5.74, 6) is -1.23. The second-order valence-electron chi connectivity index (χ2n) is 5.50. The summed E-state index contributed by atoms with van der Waals surface area (Å²) in [5.41, 5.74) is 5.04. The van der Waals surface area contributed by atoms with E-state index in [1.54, 1.807) is 6.07 Å². The van der Waals surface area contributed by atoms with Crippen molar-refractivity contribution in [2.75, 3.05) is 13.1 Å². The molecule has 1 unspecified atom stereocenters. The number of carbonyl (C=O) groups excluding carboxylic acids is 1. The Bertz CT molecular complexity index is 728. The molecule has 1 heterocycles. The van der Waals surface area contributed by atoms with Gasteiger partial charge >= 0.3 is 5.97 Å². The van der Waals surface area contributed by atoms with Gasteiger partial charge in [0.1, 0.15) is 5.54 Å². The molecule has 0 saturated carbocycles. The maximum absolute atomic E-state index is 12.5. The number of likely N-dealkylation sites (tertiary alicyclic amines) is 1. The van der Waals surface area contributed by atoms with E-state index in [1.807, 2.05) is 36.4 Å². The largest absolute Gasteiger partial charge is 0.480 e. The van der Waals surface area contributed by atoms with Crippen molar-refractivity contribution in [1.29, 1.82) is 0 Å². The van der Waals surface area contributed by atoms with Crippen LogP contribution < -0.4 is 5.73 Å². The van der Waals surface area contributed by atoms with Crippen molar-refractivity contribution >= 4 is 22.6 Å².